The normalized spacial score (nSPS) is 18.2. The Hall–Kier alpha value is -1.22. The molecular formula is C17H27NO2. The predicted octanol–water partition coefficient (Wildman–Crippen LogP) is 3.34. The molecule has 0 amide bonds. The molecule has 0 saturated carbocycles. The molecule has 3 heteroatoms. The summed E-state index contributed by atoms with van der Waals surface area (Å²) in [7, 11) is 3.52. The van der Waals surface area contributed by atoms with Crippen LogP contribution in [0, 0.1) is 0 Å². The van der Waals surface area contributed by atoms with Crippen molar-refractivity contribution in [1.82, 2.24) is 5.32 Å². The van der Waals surface area contributed by atoms with Crippen molar-refractivity contribution in [1.29, 1.82) is 0 Å². The molecule has 1 heterocycles. The fourth-order valence-electron chi connectivity index (χ4n) is 2.94. The fourth-order valence-corrected chi connectivity index (χ4v) is 2.94. The van der Waals surface area contributed by atoms with Crippen molar-refractivity contribution in [2.75, 3.05) is 20.8 Å². The lowest BCUT2D eigenvalue weighted by atomic mass is 9.99. The van der Waals surface area contributed by atoms with Crippen molar-refractivity contribution in [2.45, 2.75) is 51.5 Å². The maximum atomic E-state index is 5.59. The second-order valence-corrected chi connectivity index (χ2v) is 5.58. The Bertz CT molecular complexity index is 425. The van der Waals surface area contributed by atoms with Gasteiger partial charge in [-0.15, -0.1) is 0 Å². The van der Waals surface area contributed by atoms with Crippen molar-refractivity contribution in [3.63, 3.8) is 0 Å². The molecule has 112 valence electrons. The lowest BCUT2D eigenvalue weighted by molar-refractivity contribution is 0.392. The van der Waals surface area contributed by atoms with Crippen molar-refractivity contribution in [3.8, 4) is 11.5 Å². The van der Waals surface area contributed by atoms with E-state index in [9.17, 15) is 0 Å². The van der Waals surface area contributed by atoms with Gasteiger partial charge in [0.2, 0.25) is 0 Å². The minimum Gasteiger partial charge on any atom is -0.496 e. The third-order valence-corrected chi connectivity index (χ3v) is 4.11. The van der Waals surface area contributed by atoms with E-state index in [1.54, 1.807) is 14.2 Å². The van der Waals surface area contributed by atoms with Crippen LogP contribution in [0.15, 0.2) is 12.1 Å². The van der Waals surface area contributed by atoms with E-state index in [2.05, 4.69) is 24.4 Å². The van der Waals surface area contributed by atoms with Gasteiger partial charge in [0, 0.05) is 6.04 Å². The number of benzene rings is 1. The summed E-state index contributed by atoms with van der Waals surface area (Å²) in [5.41, 5.74) is 2.51. The molecule has 0 aliphatic carbocycles. The van der Waals surface area contributed by atoms with Gasteiger partial charge in [0.25, 0.3) is 0 Å². The van der Waals surface area contributed by atoms with Gasteiger partial charge in [0.15, 0.2) is 0 Å². The molecule has 0 bridgehead atoms. The molecule has 0 radical (unpaired) electrons. The molecule has 1 saturated heterocycles. The lowest BCUT2D eigenvalue weighted by Crippen LogP contribution is -2.23. The van der Waals surface area contributed by atoms with Crippen LogP contribution in [0.2, 0.25) is 0 Å². The summed E-state index contributed by atoms with van der Waals surface area (Å²) in [5.74, 6) is 2.01. The quantitative estimate of drug-likeness (QED) is 0.829. The van der Waals surface area contributed by atoms with Crippen LogP contribution in [0.1, 0.15) is 43.7 Å². The van der Waals surface area contributed by atoms with E-state index in [1.807, 2.05) is 0 Å². The zero-order valence-corrected chi connectivity index (χ0v) is 13.0. The zero-order valence-electron chi connectivity index (χ0n) is 13.0. The smallest absolute Gasteiger partial charge is 0.122 e. The number of hydrogen-bond donors (Lipinski definition) is 1. The third kappa shape index (κ3) is 3.66. The molecular weight excluding hydrogens is 250 g/mol. The van der Waals surface area contributed by atoms with Crippen molar-refractivity contribution in [2.24, 2.45) is 0 Å². The Kier molecular flexibility index (Phi) is 5.72. The minimum absolute atomic E-state index is 0.579. The van der Waals surface area contributed by atoms with Crippen LogP contribution in [0.5, 0.6) is 11.5 Å². The van der Waals surface area contributed by atoms with E-state index in [-0.39, 0.29) is 0 Å². The van der Waals surface area contributed by atoms with Gasteiger partial charge in [-0.25, -0.2) is 0 Å². The molecule has 1 fully saturated rings. The predicted molar refractivity (Wildman–Crippen MR) is 82.9 cm³/mol. The van der Waals surface area contributed by atoms with Gasteiger partial charge in [-0.1, -0.05) is 13.3 Å². The summed E-state index contributed by atoms with van der Waals surface area (Å²) in [6, 6.07) is 4.91. The first-order chi connectivity index (χ1) is 9.78. The number of ether oxygens (including phenoxy) is 2. The molecule has 1 aliphatic heterocycles. The van der Waals surface area contributed by atoms with Crippen LogP contribution in [-0.2, 0) is 12.8 Å². The highest BCUT2D eigenvalue weighted by Crippen LogP contribution is 2.31. The number of aryl methyl sites for hydroxylation is 1. The standard InChI is InChI=1S/C17H27NO2/c1-4-5-7-13-11-17(20-3)14(12-16(13)19-2)10-15-8-6-9-18-15/h11-12,15,18H,4-10H2,1-3H3. The van der Waals surface area contributed by atoms with Gasteiger partial charge in [0.05, 0.1) is 14.2 Å². The zero-order chi connectivity index (χ0) is 14.4. The molecule has 1 aliphatic rings. The Morgan fingerprint density at radius 1 is 1.15 bits per heavy atom. The van der Waals surface area contributed by atoms with Crippen LogP contribution in [0.25, 0.3) is 0 Å². The second kappa shape index (κ2) is 7.53. The summed E-state index contributed by atoms with van der Waals surface area (Å²) in [6.45, 7) is 3.35. The lowest BCUT2D eigenvalue weighted by Gasteiger charge is -2.17. The Morgan fingerprint density at radius 2 is 1.85 bits per heavy atom. The van der Waals surface area contributed by atoms with Crippen LogP contribution >= 0.6 is 0 Å². The van der Waals surface area contributed by atoms with Gasteiger partial charge < -0.3 is 14.8 Å². The molecule has 20 heavy (non-hydrogen) atoms. The molecule has 1 N–H and O–H groups in total. The minimum atomic E-state index is 0.579. The monoisotopic (exact) mass is 277 g/mol. The van der Waals surface area contributed by atoms with Crippen LogP contribution in [0.4, 0.5) is 0 Å². The third-order valence-electron chi connectivity index (χ3n) is 4.11. The van der Waals surface area contributed by atoms with Crippen molar-refractivity contribution in [3.05, 3.63) is 23.3 Å². The highest BCUT2D eigenvalue weighted by atomic mass is 16.5. The average Bonchev–Trinajstić information content (AvgIpc) is 2.98. The molecule has 1 atom stereocenters. The summed E-state index contributed by atoms with van der Waals surface area (Å²) < 4.78 is 11.2. The maximum Gasteiger partial charge on any atom is 0.122 e. The Labute approximate surface area is 122 Å². The van der Waals surface area contributed by atoms with E-state index in [0.717, 1.165) is 30.9 Å². The van der Waals surface area contributed by atoms with E-state index >= 15 is 0 Å². The number of rotatable bonds is 7. The van der Waals surface area contributed by atoms with Gasteiger partial charge in [-0.3, -0.25) is 0 Å². The number of hydrogen-bond acceptors (Lipinski definition) is 3. The first kappa shape index (κ1) is 15.2. The molecule has 2 rings (SSSR count). The largest absolute Gasteiger partial charge is 0.496 e. The highest BCUT2D eigenvalue weighted by molar-refractivity contribution is 5.47. The first-order valence-corrected chi connectivity index (χ1v) is 7.75. The summed E-state index contributed by atoms with van der Waals surface area (Å²) >= 11 is 0. The molecule has 1 unspecified atom stereocenters. The molecule has 1 aromatic rings. The van der Waals surface area contributed by atoms with E-state index in [1.165, 1.54) is 36.8 Å². The van der Waals surface area contributed by atoms with Gasteiger partial charge in [0.1, 0.15) is 11.5 Å². The van der Waals surface area contributed by atoms with Gasteiger partial charge in [-0.2, -0.15) is 0 Å². The highest BCUT2D eigenvalue weighted by Gasteiger charge is 2.18. The van der Waals surface area contributed by atoms with E-state index in [0.29, 0.717) is 6.04 Å². The first-order valence-electron chi connectivity index (χ1n) is 7.75. The Morgan fingerprint density at radius 3 is 2.45 bits per heavy atom. The van der Waals surface area contributed by atoms with E-state index < -0.39 is 0 Å². The molecule has 0 spiro atoms. The molecule has 0 aromatic heterocycles. The van der Waals surface area contributed by atoms with Gasteiger partial charge >= 0.3 is 0 Å². The molecule has 1 aromatic carbocycles. The fraction of sp³-hybridized carbons (Fsp3) is 0.647. The maximum absolute atomic E-state index is 5.59. The van der Waals surface area contributed by atoms with Crippen LogP contribution in [0.3, 0.4) is 0 Å². The topological polar surface area (TPSA) is 30.5 Å². The van der Waals surface area contributed by atoms with Gasteiger partial charge in [-0.05, 0) is 61.9 Å². The van der Waals surface area contributed by atoms with Crippen LogP contribution in [-0.4, -0.2) is 26.8 Å². The number of unbranched alkanes of at least 4 members (excludes halogenated alkanes) is 1. The second-order valence-electron chi connectivity index (χ2n) is 5.58. The van der Waals surface area contributed by atoms with Crippen LogP contribution < -0.4 is 14.8 Å². The summed E-state index contributed by atoms with van der Waals surface area (Å²) in [4.78, 5) is 0. The van der Waals surface area contributed by atoms with Crippen molar-refractivity contribution >= 4 is 0 Å². The molecule has 3 nitrogen and oxygen atoms in total. The SMILES string of the molecule is CCCCc1cc(OC)c(CC2CCCN2)cc1OC. The summed E-state index contributed by atoms with van der Waals surface area (Å²) in [6.07, 6.45) is 6.98. The van der Waals surface area contributed by atoms with Crippen molar-refractivity contribution < 1.29 is 9.47 Å². The Balaban J connectivity index is 2.21. The average molecular weight is 277 g/mol. The summed E-state index contributed by atoms with van der Waals surface area (Å²) in [5, 5.41) is 3.55. The number of nitrogens with one attached hydrogen (secondary N) is 1. The number of methoxy groups -OCH3 is 2. The van der Waals surface area contributed by atoms with E-state index in [4.69, 9.17) is 9.47 Å².